The Hall–Kier alpha value is -2.16. The van der Waals surface area contributed by atoms with Gasteiger partial charge in [-0.05, 0) is 35.4 Å². The molecule has 0 aliphatic rings. The normalized spacial score (nSPS) is 10.7. The Morgan fingerprint density at radius 1 is 1.12 bits per heavy atom. The van der Waals surface area contributed by atoms with Crippen molar-refractivity contribution in [2.45, 2.75) is 13.1 Å². The van der Waals surface area contributed by atoms with Crippen LogP contribution in [-0.4, -0.2) is 38.0 Å². The Balaban J connectivity index is 0.00000338. The molecule has 1 N–H and O–H groups in total. The topological polar surface area (TPSA) is 53.9 Å². The SMILES string of the molecule is CN=C(NCc1ccc(C(=O)OC)cc1)N(C)Cc1ccc(F)cc1.I. The molecule has 0 spiro atoms. The zero-order valence-electron chi connectivity index (χ0n) is 15.0. The van der Waals surface area contributed by atoms with Crippen molar-refractivity contribution in [2.24, 2.45) is 4.99 Å². The molecular formula is C19H23FIN3O2. The predicted molar refractivity (Wildman–Crippen MR) is 111 cm³/mol. The lowest BCUT2D eigenvalue weighted by atomic mass is 10.1. The molecule has 0 aliphatic carbocycles. The highest BCUT2D eigenvalue weighted by molar-refractivity contribution is 14.0. The van der Waals surface area contributed by atoms with E-state index in [2.05, 4.69) is 15.0 Å². The summed E-state index contributed by atoms with van der Waals surface area (Å²) in [5.74, 6) is 0.125. The molecule has 0 saturated carbocycles. The number of aliphatic imine (C=N–C) groups is 1. The summed E-state index contributed by atoms with van der Waals surface area (Å²) in [6.45, 7) is 1.18. The van der Waals surface area contributed by atoms with Crippen molar-refractivity contribution in [1.29, 1.82) is 0 Å². The Labute approximate surface area is 170 Å². The number of guanidine groups is 1. The van der Waals surface area contributed by atoms with Crippen LogP contribution in [0.5, 0.6) is 0 Å². The highest BCUT2D eigenvalue weighted by Gasteiger charge is 2.08. The van der Waals surface area contributed by atoms with E-state index in [1.165, 1.54) is 19.2 Å². The monoisotopic (exact) mass is 471 g/mol. The highest BCUT2D eigenvalue weighted by atomic mass is 127. The number of halogens is 2. The molecule has 0 bridgehead atoms. The van der Waals surface area contributed by atoms with Crippen LogP contribution >= 0.6 is 24.0 Å². The number of carbonyl (C=O) groups excluding carboxylic acids is 1. The fraction of sp³-hybridized carbons (Fsp3) is 0.263. The smallest absolute Gasteiger partial charge is 0.337 e. The summed E-state index contributed by atoms with van der Waals surface area (Å²) in [5, 5.41) is 3.27. The van der Waals surface area contributed by atoms with Gasteiger partial charge < -0.3 is 15.0 Å². The van der Waals surface area contributed by atoms with Crippen LogP contribution in [0.1, 0.15) is 21.5 Å². The average Bonchev–Trinajstić information content (AvgIpc) is 2.64. The second kappa shape index (κ2) is 10.7. The number of ether oxygens (including phenoxy) is 1. The number of rotatable bonds is 5. The van der Waals surface area contributed by atoms with Gasteiger partial charge in [-0.25, -0.2) is 9.18 Å². The van der Waals surface area contributed by atoms with Crippen LogP contribution in [0.3, 0.4) is 0 Å². The minimum atomic E-state index is -0.352. The van der Waals surface area contributed by atoms with Crippen molar-refractivity contribution in [2.75, 3.05) is 21.2 Å². The van der Waals surface area contributed by atoms with Crippen molar-refractivity contribution in [3.8, 4) is 0 Å². The van der Waals surface area contributed by atoms with E-state index in [9.17, 15) is 9.18 Å². The van der Waals surface area contributed by atoms with Crippen LogP contribution in [0.15, 0.2) is 53.5 Å². The molecule has 5 nitrogen and oxygen atoms in total. The molecule has 26 heavy (non-hydrogen) atoms. The number of esters is 1. The Morgan fingerprint density at radius 3 is 2.23 bits per heavy atom. The summed E-state index contributed by atoms with van der Waals surface area (Å²) in [5.41, 5.74) is 2.53. The van der Waals surface area contributed by atoms with E-state index in [0.717, 1.165) is 17.1 Å². The lowest BCUT2D eigenvalue weighted by Crippen LogP contribution is -2.38. The van der Waals surface area contributed by atoms with Crippen LogP contribution < -0.4 is 5.32 Å². The van der Waals surface area contributed by atoms with Crippen molar-refractivity contribution in [3.63, 3.8) is 0 Å². The summed E-state index contributed by atoms with van der Waals surface area (Å²) in [7, 11) is 4.99. The van der Waals surface area contributed by atoms with Crippen molar-refractivity contribution >= 4 is 35.9 Å². The second-order valence-corrected chi connectivity index (χ2v) is 5.57. The van der Waals surface area contributed by atoms with Gasteiger partial charge in [0, 0.05) is 27.2 Å². The first-order valence-electron chi connectivity index (χ1n) is 7.87. The zero-order valence-corrected chi connectivity index (χ0v) is 17.4. The Kier molecular flexibility index (Phi) is 9.04. The third-order valence-electron chi connectivity index (χ3n) is 3.73. The van der Waals surface area contributed by atoms with E-state index in [4.69, 9.17) is 0 Å². The number of nitrogens with zero attached hydrogens (tertiary/aromatic N) is 2. The lowest BCUT2D eigenvalue weighted by molar-refractivity contribution is 0.0600. The van der Waals surface area contributed by atoms with E-state index >= 15 is 0 Å². The van der Waals surface area contributed by atoms with E-state index in [1.807, 2.05) is 24.1 Å². The third kappa shape index (κ3) is 6.29. The van der Waals surface area contributed by atoms with Crippen LogP contribution in [0.25, 0.3) is 0 Å². The van der Waals surface area contributed by atoms with Crippen molar-refractivity contribution < 1.29 is 13.9 Å². The third-order valence-corrected chi connectivity index (χ3v) is 3.73. The summed E-state index contributed by atoms with van der Waals surface area (Å²) in [6.07, 6.45) is 0. The first-order chi connectivity index (χ1) is 12.0. The van der Waals surface area contributed by atoms with Crippen molar-refractivity contribution in [3.05, 3.63) is 71.0 Å². The van der Waals surface area contributed by atoms with Gasteiger partial charge in [0.05, 0.1) is 12.7 Å². The number of hydrogen-bond acceptors (Lipinski definition) is 3. The van der Waals surface area contributed by atoms with Gasteiger partial charge in [-0.2, -0.15) is 0 Å². The summed E-state index contributed by atoms with van der Waals surface area (Å²) >= 11 is 0. The van der Waals surface area contributed by atoms with Gasteiger partial charge in [-0.3, -0.25) is 4.99 Å². The van der Waals surface area contributed by atoms with Gasteiger partial charge in [-0.1, -0.05) is 24.3 Å². The maximum atomic E-state index is 13.0. The summed E-state index contributed by atoms with van der Waals surface area (Å²) in [4.78, 5) is 17.6. The summed E-state index contributed by atoms with van der Waals surface area (Å²) in [6, 6.07) is 13.6. The van der Waals surface area contributed by atoms with E-state index in [-0.39, 0.29) is 35.8 Å². The van der Waals surface area contributed by atoms with Gasteiger partial charge >= 0.3 is 5.97 Å². The molecular weight excluding hydrogens is 448 g/mol. The molecule has 0 unspecified atom stereocenters. The van der Waals surface area contributed by atoms with Crippen LogP contribution in [0, 0.1) is 5.82 Å². The number of nitrogens with one attached hydrogen (secondary N) is 1. The predicted octanol–water partition coefficient (Wildman–Crippen LogP) is 3.44. The minimum Gasteiger partial charge on any atom is -0.465 e. The molecule has 0 amide bonds. The molecule has 0 radical (unpaired) electrons. The van der Waals surface area contributed by atoms with E-state index in [1.54, 1.807) is 31.3 Å². The quantitative estimate of drug-likeness (QED) is 0.314. The fourth-order valence-electron chi connectivity index (χ4n) is 2.38. The molecule has 140 valence electrons. The summed E-state index contributed by atoms with van der Waals surface area (Å²) < 4.78 is 17.7. The molecule has 2 rings (SSSR count). The molecule has 0 fully saturated rings. The molecule has 0 aromatic heterocycles. The van der Waals surface area contributed by atoms with Gasteiger partial charge in [-0.15, -0.1) is 24.0 Å². The van der Waals surface area contributed by atoms with Gasteiger partial charge in [0.2, 0.25) is 0 Å². The first kappa shape index (κ1) is 21.9. The molecule has 7 heteroatoms. The Bertz CT molecular complexity index is 733. The maximum Gasteiger partial charge on any atom is 0.337 e. The zero-order chi connectivity index (χ0) is 18.2. The number of methoxy groups -OCH3 is 1. The number of benzene rings is 2. The Morgan fingerprint density at radius 2 is 1.69 bits per heavy atom. The lowest BCUT2D eigenvalue weighted by Gasteiger charge is -2.22. The van der Waals surface area contributed by atoms with E-state index in [0.29, 0.717) is 18.7 Å². The molecule has 0 saturated heterocycles. The van der Waals surface area contributed by atoms with Crippen molar-refractivity contribution in [1.82, 2.24) is 10.2 Å². The number of carbonyl (C=O) groups is 1. The van der Waals surface area contributed by atoms with Gasteiger partial charge in [0.15, 0.2) is 5.96 Å². The van der Waals surface area contributed by atoms with Crippen LogP contribution in [0.2, 0.25) is 0 Å². The van der Waals surface area contributed by atoms with Gasteiger partial charge in [0.25, 0.3) is 0 Å². The average molecular weight is 471 g/mol. The van der Waals surface area contributed by atoms with E-state index < -0.39 is 0 Å². The van der Waals surface area contributed by atoms with Gasteiger partial charge in [0.1, 0.15) is 5.82 Å². The maximum absolute atomic E-state index is 13.0. The molecule has 0 heterocycles. The second-order valence-electron chi connectivity index (χ2n) is 5.57. The number of hydrogen-bond donors (Lipinski definition) is 1. The standard InChI is InChI=1S/C19H22FN3O2.HI/c1-21-19(23(2)13-15-6-10-17(20)11-7-15)22-12-14-4-8-16(9-5-14)18(24)25-3;/h4-11H,12-13H2,1-3H3,(H,21,22);1H. The largest absolute Gasteiger partial charge is 0.465 e. The first-order valence-corrected chi connectivity index (χ1v) is 7.87. The fourth-order valence-corrected chi connectivity index (χ4v) is 2.38. The van der Waals surface area contributed by atoms with Crippen LogP contribution in [0.4, 0.5) is 4.39 Å². The highest BCUT2D eigenvalue weighted by Crippen LogP contribution is 2.08. The minimum absolute atomic E-state index is 0. The molecule has 2 aromatic carbocycles. The molecule has 2 aromatic rings. The molecule has 0 atom stereocenters. The molecule has 0 aliphatic heterocycles. The van der Waals surface area contributed by atoms with Crippen LogP contribution in [-0.2, 0) is 17.8 Å².